The molecule has 8 N–H and O–H groups in total. The topological polar surface area (TPSA) is 266 Å². The van der Waals surface area contributed by atoms with Crippen molar-refractivity contribution in [3.63, 3.8) is 0 Å². The van der Waals surface area contributed by atoms with Crippen LogP contribution in [0.25, 0.3) is 21.5 Å². The third kappa shape index (κ3) is 7.66. The molecule has 0 bridgehead atoms. The van der Waals surface area contributed by atoms with E-state index in [0.29, 0.717) is 0 Å². The molecule has 0 aromatic heterocycles. The fourth-order valence-electron chi connectivity index (χ4n) is 5.53. The number of rotatable bonds is 8. The summed E-state index contributed by atoms with van der Waals surface area (Å²) in [6.07, 6.45) is 0. The lowest BCUT2D eigenvalue weighted by atomic mass is 10.1. The Kier molecular flexibility index (Phi) is 9.76. The van der Waals surface area contributed by atoms with E-state index < -0.39 is 65.2 Å². The number of benzene rings is 6. The standard InChI is InChI=1S/C36H26N4O12S2/c41-27-17-15-25(23-3-1-5-29(31(23)27)53(47,48)49)39-33(43)19-7-11-21(12-8-19)37-35(45)36(46)38-22-13-9-20(10-14-22)34(44)40-26-16-18-28(42)32-24(26)4-2-6-30(32)54(50,51)52/h1-18,41-42H,(H,37,45)(H,38,46)(H,39,43)(H,40,44)(H,47,48,49)(H,50,51,52). The van der Waals surface area contributed by atoms with Gasteiger partial charge in [-0.15, -0.1) is 0 Å². The highest BCUT2D eigenvalue weighted by Gasteiger charge is 2.21. The summed E-state index contributed by atoms with van der Waals surface area (Å²) in [5.74, 6) is -4.22. The third-order valence-electron chi connectivity index (χ3n) is 8.03. The second-order valence-corrected chi connectivity index (χ2v) is 14.3. The Hall–Kier alpha value is -6.86. The molecule has 0 aliphatic heterocycles. The van der Waals surface area contributed by atoms with Gasteiger partial charge in [0.15, 0.2) is 0 Å². The van der Waals surface area contributed by atoms with Crippen LogP contribution in [-0.2, 0) is 29.8 Å². The lowest BCUT2D eigenvalue weighted by Gasteiger charge is -2.13. The van der Waals surface area contributed by atoms with Gasteiger partial charge in [0, 0.05) is 55.4 Å². The molecule has 16 nitrogen and oxygen atoms in total. The average molecular weight is 771 g/mol. The largest absolute Gasteiger partial charge is 0.507 e. The minimum absolute atomic E-state index is 0.121. The van der Waals surface area contributed by atoms with Crippen LogP contribution >= 0.6 is 0 Å². The SMILES string of the molecule is O=C(Nc1ccc(C(=O)Nc2ccc(O)c3c(S(=O)(=O)O)cccc23)cc1)C(=O)Nc1ccc(C(=O)Nc2ccc(O)c3c(S(=O)(=O)O)cccc23)cc1. The van der Waals surface area contributed by atoms with Gasteiger partial charge in [-0.05, 0) is 84.9 Å². The van der Waals surface area contributed by atoms with Crippen molar-refractivity contribution in [2.75, 3.05) is 21.3 Å². The zero-order valence-electron chi connectivity index (χ0n) is 27.3. The molecular weight excluding hydrogens is 745 g/mol. The zero-order valence-corrected chi connectivity index (χ0v) is 28.9. The molecule has 0 saturated carbocycles. The predicted octanol–water partition coefficient (Wildman–Crippen LogP) is 4.98. The molecule has 0 radical (unpaired) electrons. The highest BCUT2D eigenvalue weighted by Crippen LogP contribution is 2.37. The van der Waals surface area contributed by atoms with Crippen LogP contribution in [0.1, 0.15) is 20.7 Å². The molecule has 18 heteroatoms. The number of fused-ring (bicyclic) bond motifs is 2. The second kappa shape index (κ2) is 14.3. The van der Waals surface area contributed by atoms with Gasteiger partial charge in [0.1, 0.15) is 21.3 Å². The molecule has 0 unspecified atom stereocenters. The van der Waals surface area contributed by atoms with Crippen LogP contribution in [-0.4, -0.2) is 59.8 Å². The first-order valence-corrected chi connectivity index (χ1v) is 18.3. The Balaban J connectivity index is 1.07. The minimum atomic E-state index is -4.69. The summed E-state index contributed by atoms with van der Waals surface area (Å²) in [6.45, 7) is 0. The van der Waals surface area contributed by atoms with Gasteiger partial charge in [-0.2, -0.15) is 16.8 Å². The van der Waals surface area contributed by atoms with E-state index in [1.165, 1.54) is 84.9 Å². The predicted molar refractivity (Wildman–Crippen MR) is 197 cm³/mol. The molecule has 0 spiro atoms. The van der Waals surface area contributed by atoms with E-state index >= 15 is 0 Å². The van der Waals surface area contributed by atoms with Crippen molar-refractivity contribution in [3.8, 4) is 11.5 Å². The van der Waals surface area contributed by atoms with Gasteiger partial charge in [-0.25, -0.2) is 0 Å². The van der Waals surface area contributed by atoms with Crippen LogP contribution in [0.2, 0.25) is 0 Å². The average Bonchev–Trinajstić information content (AvgIpc) is 3.13. The molecule has 0 fully saturated rings. The van der Waals surface area contributed by atoms with E-state index in [2.05, 4.69) is 21.3 Å². The van der Waals surface area contributed by atoms with Gasteiger partial charge in [0.25, 0.3) is 32.1 Å². The van der Waals surface area contributed by atoms with Crippen LogP contribution in [0.4, 0.5) is 22.7 Å². The van der Waals surface area contributed by atoms with E-state index in [-0.39, 0.29) is 55.4 Å². The summed E-state index contributed by atoms with van der Waals surface area (Å²) in [4.78, 5) is 50.1. The fraction of sp³-hybridized carbons (Fsp3) is 0. The molecule has 0 saturated heterocycles. The van der Waals surface area contributed by atoms with E-state index in [9.17, 15) is 55.3 Å². The smallest absolute Gasteiger partial charge is 0.314 e. The molecule has 0 aliphatic rings. The van der Waals surface area contributed by atoms with Crippen molar-refractivity contribution >= 4 is 88.2 Å². The second-order valence-electron chi connectivity index (χ2n) is 11.5. The maximum absolute atomic E-state index is 13.0. The van der Waals surface area contributed by atoms with E-state index in [1.807, 2.05) is 0 Å². The monoisotopic (exact) mass is 770 g/mol. The first kappa shape index (κ1) is 36.9. The first-order valence-electron chi connectivity index (χ1n) is 15.4. The summed E-state index contributed by atoms with van der Waals surface area (Å²) >= 11 is 0. The quantitative estimate of drug-likeness (QED) is 0.0579. The Morgan fingerprint density at radius 3 is 1.13 bits per heavy atom. The number of anilines is 4. The van der Waals surface area contributed by atoms with E-state index in [0.717, 1.165) is 24.3 Å². The van der Waals surface area contributed by atoms with Crippen LogP contribution in [0.15, 0.2) is 119 Å². The van der Waals surface area contributed by atoms with Crippen LogP contribution in [0.3, 0.4) is 0 Å². The van der Waals surface area contributed by atoms with Gasteiger partial charge >= 0.3 is 11.8 Å². The number of hydrogen-bond acceptors (Lipinski definition) is 10. The van der Waals surface area contributed by atoms with Crippen molar-refractivity contribution in [2.24, 2.45) is 0 Å². The lowest BCUT2D eigenvalue weighted by molar-refractivity contribution is -0.132. The van der Waals surface area contributed by atoms with Gasteiger partial charge in [-0.3, -0.25) is 28.3 Å². The maximum atomic E-state index is 13.0. The summed E-state index contributed by atoms with van der Waals surface area (Å²) in [5.41, 5.74) is 0.854. The fourth-order valence-corrected chi connectivity index (χ4v) is 6.98. The molecule has 6 aromatic rings. The number of phenols is 2. The van der Waals surface area contributed by atoms with Gasteiger partial charge < -0.3 is 31.5 Å². The molecular formula is C36H26N4O12S2. The number of hydrogen-bond donors (Lipinski definition) is 8. The van der Waals surface area contributed by atoms with Gasteiger partial charge in [0.2, 0.25) is 0 Å². The molecule has 6 aromatic carbocycles. The number of carbonyl (C=O) groups excluding carboxylic acids is 4. The molecule has 6 rings (SSSR count). The Morgan fingerprint density at radius 2 is 0.796 bits per heavy atom. The van der Waals surface area contributed by atoms with Crippen molar-refractivity contribution in [1.29, 1.82) is 0 Å². The number of phenolic OH excluding ortho intramolecular Hbond substituents is 2. The normalized spacial score (nSPS) is 11.5. The van der Waals surface area contributed by atoms with Crippen molar-refractivity contribution in [3.05, 3.63) is 120 Å². The van der Waals surface area contributed by atoms with Gasteiger partial charge in [-0.1, -0.05) is 24.3 Å². The highest BCUT2D eigenvalue weighted by atomic mass is 32.2. The van der Waals surface area contributed by atoms with E-state index in [1.54, 1.807) is 0 Å². The highest BCUT2D eigenvalue weighted by molar-refractivity contribution is 7.86. The van der Waals surface area contributed by atoms with Crippen molar-refractivity contribution in [2.45, 2.75) is 9.79 Å². The van der Waals surface area contributed by atoms with E-state index in [4.69, 9.17) is 0 Å². The van der Waals surface area contributed by atoms with Crippen LogP contribution in [0, 0.1) is 0 Å². The summed E-state index contributed by atoms with van der Waals surface area (Å²) in [6, 6.07) is 23.7. The minimum Gasteiger partial charge on any atom is -0.507 e. The zero-order chi connectivity index (χ0) is 38.9. The number of nitrogens with one attached hydrogen (secondary N) is 4. The molecule has 54 heavy (non-hydrogen) atoms. The van der Waals surface area contributed by atoms with Crippen LogP contribution in [0.5, 0.6) is 11.5 Å². The van der Waals surface area contributed by atoms with Crippen LogP contribution < -0.4 is 21.3 Å². The summed E-state index contributed by atoms with van der Waals surface area (Å²) in [7, 11) is -9.38. The number of aromatic hydroxyl groups is 2. The Morgan fingerprint density at radius 1 is 0.444 bits per heavy atom. The molecule has 0 aliphatic carbocycles. The molecule has 274 valence electrons. The summed E-state index contributed by atoms with van der Waals surface area (Å²) in [5, 5.41) is 30.4. The first-order chi connectivity index (χ1) is 25.5. The Bertz CT molecular complexity index is 2560. The Labute approximate surface area is 305 Å². The van der Waals surface area contributed by atoms with Gasteiger partial charge in [0.05, 0.1) is 0 Å². The molecule has 0 atom stereocenters. The van der Waals surface area contributed by atoms with Crippen molar-refractivity contribution < 1.29 is 55.3 Å². The number of amides is 4. The van der Waals surface area contributed by atoms with Crippen molar-refractivity contribution in [1.82, 2.24) is 0 Å². The lowest BCUT2D eigenvalue weighted by Crippen LogP contribution is -2.29. The third-order valence-corrected chi connectivity index (χ3v) is 9.82. The molecule has 0 heterocycles. The number of carbonyl (C=O) groups is 4. The molecule has 4 amide bonds. The maximum Gasteiger partial charge on any atom is 0.314 e. The summed E-state index contributed by atoms with van der Waals surface area (Å²) < 4.78 is 66.4.